The fourth-order valence-electron chi connectivity index (χ4n) is 3.14. The summed E-state index contributed by atoms with van der Waals surface area (Å²) < 4.78 is 0. The normalized spacial score (nSPS) is 21.4. The minimum absolute atomic E-state index is 0.0294. The largest absolute Gasteiger partial charge is 0.330 e. The zero-order valence-electron chi connectivity index (χ0n) is 10.8. The summed E-state index contributed by atoms with van der Waals surface area (Å²) >= 11 is 6.25. The second-order valence-electron chi connectivity index (χ2n) is 5.29. The van der Waals surface area contributed by atoms with Crippen LogP contribution < -0.4 is 5.73 Å². The summed E-state index contributed by atoms with van der Waals surface area (Å²) in [5, 5.41) is 0.736. The third kappa shape index (κ3) is 2.15. The van der Waals surface area contributed by atoms with Crippen molar-refractivity contribution in [3.05, 3.63) is 64.4 Å². The van der Waals surface area contributed by atoms with Gasteiger partial charge >= 0.3 is 0 Å². The smallest absolute Gasteiger partial charge is 0.0621 e. The van der Waals surface area contributed by atoms with Gasteiger partial charge in [-0.15, -0.1) is 0 Å². The summed E-state index contributed by atoms with van der Waals surface area (Å²) in [5.74, 6) is 0. The Morgan fingerprint density at radius 1 is 1.26 bits per heavy atom. The molecule has 1 aromatic heterocycles. The molecule has 2 aromatic rings. The first-order valence-corrected chi connectivity index (χ1v) is 7.00. The van der Waals surface area contributed by atoms with Gasteiger partial charge in [0.1, 0.15) is 0 Å². The van der Waals surface area contributed by atoms with Crippen molar-refractivity contribution in [2.75, 3.05) is 6.54 Å². The Bertz CT molecular complexity index is 597. The Labute approximate surface area is 118 Å². The molecule has 0 bridgehead atoms. The number of rotatable bonds is 3. The van der Waals surface area contributed by atoms with Gasteiger partial charge in [-0.25, -0.2) is 0 Å². The van der Waals surface area contributed by atoms with Crippen molar-refractivity contribution < 1.29 is 0 Å². The average molecular weight is 273 g/mol. The van der Waals surface area contributed by atoms with Crippen LogP contribution in [0.2, 0.25) is 5.02 Å². The first-order chi connectivity index (χ1) is 9.25. The number of pyridine rings is 1. The highest BCUT2D eigenvalue weighted by atomic mass is 35.5. The van der Waals surface area contributed by atoms with E-state index in [2.05, 4.69) is 29.2 Å². The topological polar surface area (TPSA) is 38.9 Å². The summed E-state index contributed by atoms with van der Waals surface area (Å²) in [6, 6.07) is 10.6. The molecule has 1 atom stereocenters. The van der Waals surface area contributed by atoms with Gasteiger partial charge in [0.15, 0.2) is 0 Å². The van der Waals surface area contributed by atoms with Crippen molar-refractivity contribution in [1.82, 2.24) is 4.98 Å². The average Bonchev–Trinajstić information content (AvgIpc) is 2.81. The Morgan fingerprint density at radius 3 is 2.89 bits per heavy atom. The van der Waals surface area contributed by atoms with E-state index in [1.807, 2.05) is 6.07 Å². The van der Waals surface area contributed by atoms with Crippen LogP contribution in [0, 0.1) is 0 Å². The molecule has 0 radical (unpaired) electrons. The maximum absolute atomic E-state index is 6.25. The molecule has 2 nitrogen and oxygen atoms in total. The second kappa shape index (κ2) is 4.95. The summed E-state index contributed by atoms with van der Waals surface area (Å²) in [6.45, 7) is 0.655. The van der Waals surface area contributed by atoms with E-state index < -0.39 is 0 Å². The highest BCUT2D eigenvalue weighted by molar-refractivity contribution is 6.31. The van der Waals surface area contributed by atoms with Crippen molar-refractivity contribution in [3.8, 4) is 0 Å². The molecule has 0 spiro atoms. The highest BCUT2D eigenvalue weighted by Crippen LogP contribution is 2.41. The fraction of sp³-hybridized carbons (Fsp3) is 0.312. The van der Waals surface area contributed by atoms with Crippen LogP contribution in [0.25, 0.3) is 0 Å². The summed E-state index contributed by atoms with van der Waals surface area (Å²) in [6.07, 6.45) is 6.60. The number of fused-ring (bicyclic) bond motifs is 1. The Hall–Kier alpha value is -1.38. The number of hydrogen-bond donors (Lipinski definition) is 1. The second-order valence-corrected chi connectivity index (χ2v) is 5.69. The minimum atomic E-state index is 0.0294. The molecular weight excluding hydrogens is 256 g/mol. The number of benzene rings is 1. The van der Waals surface area contributed by atoms with E-state index in [-0.39, 0.29) is 5.41 Å². The lowest BCUT2D eigenvalue weighted by Gasteiger charge is -2.29. The van der Waals surface area contributed by atoms with Gasteiger partial charge in [0.05, 0.1) is 5.02 Å². The molecule has 0 amide bonds. The van der Waals surface area contributed by atoms with Crippen molar-refractivity contribution in [1.29, 1.82) is 0 Å². The monoisotopic (exact) mass is 272 g/mol. The van der Waals surface area contributed by atoms with Crippen LogP contribution in [0.1, 0.15) is 23.1 Å². The molecule has 2 N–H and O–H groups in total. The maximum atomic E-state index is 6.25. The van der Waals surface area contributed by atoms with Crippen LogP contribution in [-0.2, 0) is 18.3 Å². The fourth-order valence-corrected chi connectivity index (χ4v) is 3.33. The first-order valence-electron chi connectivity index (χ1n) is 6.62. The van der Waals surface area contributed by atoms with E-state index in [1.54, 1.807) is 12.4 Å². The van der Waals surface area contributed by atoms with Crippen molar-refractivity contribution in [2.45, 2.75) is 24.7 Å². The zero-order chi connectivity index (χ0) is 13.3. The predicted molar refractivity (Wildman–Crippen MR) is 78.4 cm³/mol. The van der Waals surface area contributed by atoms with E-state index in [0.717, 1.165) is 29.8 Å². The standard InChI is InChI=1S/C16H17ClN2/c17-15-10-19-8-6-13(15)9-16(11-18)7-5-12-3-1-2-4-14(12)16/h1-4,6,8,10H,5,7,9,11,18H2. The molecule has 1 aliphatic rings. The van der Waals surface area contributed by atoms with Crippen molar-refractivity contribution in [3.63, 3.8) is 0 Å². The van der Waals surface area contributed by atoms with E-state index >= 15 is 0 Å². The molecule has 1 aromatic carbocycles. The lowest BCUT2D eigenvalue weighted by Crippen LogP contribution is -2.35. The maximum Gasteiger partial charge on any atom is 0.0621 e. The van der Waals surface area contributed by atoms with Gasteiger partial charge in [0.25, 0.3) is 0 Å². The highest BCUT2D eigenvalue weighted by Gasteiger charge is 2.37. The number of aromatic nitrogens is 1. The van der Waals surface area contributed by atoms with Gasteiger partial charge in [-0.3, -0.25) is 4.98 Å². The van der Waals surface area contributed by atoms with E-state index in [1.165, 1.54) is 11.1 Å². The van der Waals surface area contributed by atoms with Gasteiger partial charge in [-0.1, -0.05) is 35.9 Å². The van der Waals surface area contributed by atoms with Crippen LogP contribution in [0.4, 0.5) is 0 Å². The molecule has 0 saturated heterocycles. The quantitative estimate of drug-likeness (QED) is 0.932. The van der Waals surface area contributed by atoms with Gasteiger partial charge < -0.3 is 5.73 Å². The summed E-state index contributed by atoms with van der Waals surface area (Å²) in [7, 11) is 0. The number of halogens is 1. The van der Waals surface area contributed by atoms with Gasteiger partial charge in [0, 0.05) is 24.4 Å². The third-order valence-corrected chi connectivity index (χ3v) is 4.58. The molecule has 1 aliphatic carbocycles. The number of nitrogens with two attached hydrogens (primary N) is 1. The van der Waals surface area contributed by atoms with Crippen LogP contribution in [0.5, 0.6) is 0 Å². The van der Waals surface area contributed by atoms with Gasteiger partial charge in [-0.05, 0) is 42.0 Å². The van der Waals surface area contributed by atoms with Gasteiger partial charge in [-0.2, -0.15) is 0 Å². The molecule has 0 aliphatic heterocycles. The van der Waals surface area contributed by atoms with Crippen LogP contribution >= 0.6 is 11.6 Å². The SMILES string of the molecule is NCC1(Cc2ccncc2Cl)CCc2ccccc21. The minimum Gasteiger partial charge on any atom is -0.330 e. The molecule has 0 fully saturated rings. The lowest BCUT2D eigenvalue weighted by atomic mass is 9.77. The number of hydrogen-bond acceptors (Lipinski definition) is 2. The Morgan fingerprint density at radius 2 is 2.11 bits per heavy atom. The molecule has 3 rings (SSSR count). The molecular formula is C16H17ClN2. The van der Waals surface area contributed by atoms with Crippen molar-refractivity contribution >= 4 is 11.6 Å². The molecule has 98 valence electrons. The predicted octanol–water partition coefficient (Wildman–Crippen LogP) is 3.12. The molecule has 19 heavy (non-hydrogen) atoms. The van der Waals surface area contributed by atoms with Crippen molar-refractivity contribution in [2.24, 2.45) is 5.73 Å². The Kier molecular flexibility index (Phi) is 3.29. The van der Waals surface area contributed by atoms with Crippen LogP contribution in [0.15, 0.2) is 42.7 Å². The molecule has 0 saturated carbocycles. The lowest BCUT2D eigenvalue weighted by molar-refractivity contribution is 0.431. The van der Waals surface area contributed by atoms with E-state index in [0.29, 0.717) is 6.54 Å². The number of aryl methyl sites for hydroxylation is 1. The zero-order valence-corrected chi connectivity index (χ0v) is 11.5. The molecule has 1 unspecified atom stereocenters. The summed E-state index contributed by atoms with van der Waals surface area (Å²) in [5.41, 5.74) is 10.1. The number of nitrogens with zero attached hydrogens (tertiary/aromatic N) is 1. The van der Waals surface area contributed by atoms with E-state index in [9.17, 15) is 0 Å². The molecule has 3 heteroatoms. The van der Waals surface area contributed by atoms with Crippen LogP contribution in [0.3, 0.4) is 0 Å². The van der Waals surface area contributed by atoms with Crippen LogP contribution in [-0.4, -0.2) is 11.5 Å². The Balaban J connectivity index is 2.00. The van der Waals surface area contributed by atoms with Gasteiger partial charge in [0.2, 0.25) is 0 Å². The first kappa shape index (κ1) is 12.6. The summed E-state index contributed by atoms with van der Waals surface area (Å²) in [4.78, 5) is 4.05. The van der Waals surface area contributed by atoms with E-state index in [4.69, 9.17) is 17.3 Å². The molecule has 1 heterocycles. The third-order valence-electron chi connectivity index (χ3n) is 4.24.